The normalized spacial score (nSPS) is 15.5. The molecule has 3 N–H and O–H groups in total. The van der Waals surface area contributed by atoms with Crippen LogP contribution in [-0.2, 0) is 11.3 Å². The number of hydrogen-bond donors (Lipinski definition) is 3. The Hall–Kier alpha value is -2.55. The van der Waals surface area contributed by atoms with Gasteiger partial charge >= 0.3 is 6.09 Å². The van der Waals surface area contributed by atoms with Gasteiger partial charge in [0.2, 0.25) is 0 Å². The Bertz CT molecular complexity index is 710. The van der Waals surface area contributed by atoms with Gasteiger partial charge in [-0.15, -0.1) is 0 Å². The zero-order chi connectivity index (χ0) is 22.7. The Labute approximate surface area is 186 Å². The van der Waals surface area contributed by atoms with Crippen molar-refractivity contribution in [1.82, 2.24) is 25.8 Å². The SMILES string of the molecule is CCNC(=NCc1ccnc(N2CCN(C)CC2)c1)NCCCNC(=O)OC(C)(C)C. The third kappa shape index (κ3) is 9.87. The first-order valence-corrected chi connectivity index (χ1v) is 11.1. The Morgan fingerprint density at radius 2 is 1.87 bits per heavy atom. The fourth-order valence-electron chi connectivity index (χ4n) is 3.08. The number of carbonyl (C=O) groups is 1. The van der Waals surface area contributed by atoms with Crippen LogP contribution in [-0.4, -0.2) is 80.4 Å². The summed E-state index contributed by atoms with van der Waals surface area (Å²) in [6.45, 7) is 14.3. The molecule has 1 fully saturated rings. The van der Waals surface area contributed by atoms with Crippen LogP contribution >= 0.6 is 0 Å². The lowest BCUT2D eigenvalue weighted by Gasteiger charge is -2.33. The number of anilines is 1. The molecule has 0 aromatic carbocycles. The number of nitrogens with zero attached hydrogens (tertiary/aromatic N) is 4. The van der Waals surface area contributed by atoms with Crippen molar-refractivity contribution in [2.45, 2.75) is 46.3 Å². The van der Waals surface area contributed by atoms with E-state index < -0.39 is 5.60 Å². The Morgan fingerprint density at radius 3 is 2.55 bits per heavy atom. The molecule has 0 spiro atoms. The second-order valence-corrected chi connectivity index (χ2v) is 8.72. The van der Waals surface area contributed by atoms with Gasteiger partial charge in [0, 0.05) is 52.0 Å². The number of alkyl carbamates (subject to hydrolysis) is 1. The Kier molecular flexibility index (Phi) is 9.84. The summed E-state index contributed by atoms with van der Waals surface area (Å²) in [5, 5.41) is 9.34. The van der Waals surface area contributed by atoms with Crippen LogP contribution in [0.25, 0.3) is 0 Å². The lowest BCUT2D eigenvalue weighted by atomic mass is 10.2. The third-order valence-electron chi connectivity index (χ3n) is 4.72. The first-order chi connectivity index (χ1) is 14.8. The fourth-order valence-corrected chi connectivity index (χ4v) is 3.08. The lowest BCUT2D eigenvalue weighted by molar-refractivity contribution is 0.0527. The summed E-state index contributed by atoms with van der Waals surface area (Å²) in [6.07, 6.45) is 2.25. The van der Waals surface area contributed by atoms with Gasteiger partial charge in [-0.05, 0) is 58.9 Å². The molecule has 9 heteroatoms. The van der Waals surface area contributed by atoms with Gasteiger partial charge < -0.3 is 30.5 Å². The zero-order valence-electron chi connectivity index (χ0n) is 19.7. The van der Waals surface area contributed by atoms with Crippen LogP contribution in [0.2, 0.25) is 0 Å². The minimum atomic E-state index is -0.482. The van der Waals surface area contributed by atoms with Crippen LogP contribution in [0.3, 0.4) is 0 Å². The number of hydrogen-bond acceptors (Lipinski definition) is 6. The smallest absolute Gasteiger partial charge is 0.407 e. The Balaban J connectivity index is 1.79. The minimum absolute atomic E-state index is 0.387. The molecule has 1 saturated heterocycles. The molecule has 0 saturated carbocycles. The second-order valence-electron chi connectivity index (χ2n) is 8.72. The van der Waals surface area contributed by atoms with Crippen molar-refractivity contribution < 1.29 is 9.53 Å². The van der Waals surface area contributed by atoms with Crippen LogP contribution in [0.4, 0.5) is 10.6 Å². The summed E-state index contributed by atoms with van der Waals surface area (Å²) in [5.74, 6) is 1.78. The number of carbonyl (C=O) groups excluding carboxylic acids is 1. The third-order valence-corrected chi connectivity index (χ3v) is 4.72. The monoisotopic (exact) mass is 433 g/mol. The molecule has 0 radical (unpaired) electrons. The van der Waals surface area contributed by atoms with Crippen molar-refractivity contribution in [3.63, 3.8) is 0 Å². The van der Waals surface area contributed by atoms with E-state index in [0.29, 0.717) is 19.6 Å². The van der Waals surface area contributed by atoms with E-state index in [1.165, 1.54) is 0 Å². The lowest BCUT2D eigenvalue weighted by Crippen LogP contribution is -2.44. The van der Waals surface area contributed by atoms with Crippen molar-refractivity contribution in [2.24, 2.45) is 4.99 Å². The van der Waals surface area contributed by atoms with Gasteiger partial charge in [-0.3, -0.25) is 0 Å². The summed E-state index contributed by atoms with van der Waals surface area (Å²) in [5.41, 5.74) is 0.650. The molecule has 0 aliphatic carbocycles. The maximum absolute atomic E-state index is 11.7. The van der Waals surface area contributed by atoms with E-state index in [2.05, 4.69) is 43.8 Å². The molecule has 31 heavy (non-hydrogen) atoms. The van der Waals surface area contributed by atoms with Gasteiger partial charge in [0.05, 0.1) is 6.54 Å². The summed E-state index contributed by atoms with van der Waals surface area (Å²) in [7, 11) is 2.15. The van der Waals surface area contributed by atoms with E-state index in [9.17, 15) is 4.79 Å². The molecule has 9 nitrogen and oxygen atoms in total. The molecule has 2 heterocycles. The van der Waals surface area contributed by atoms with Crippen molar-refractivity contribution in [3.05, 3.63) is 23.9 Å². The number of pyridine rings is 1. The maximum atomic E-state index is 11.7. The highest BCUT2D eigenvalue weighted by molar-refractivity contribution is 5.79. The van der Waals surface area contributed by atoms with Crippen LogP contribution in [0.5, 0.6) is 0 Å². The first kappa shape index (κ1) is 24.7. The van der Waals surface area contributed by atoms with E-state index in [-0.39, 0.29) is 6.09 Å². The Morgan fingerprint density at radius 1 is 1.16 bits per heavy atom. The number of rotatable bonds is 8. The number of likely N-dealkylation sites (N-methyl/N-ethyl adjacent to an activating group) is 1. The fraction of sp³-hybridized carbons (Fsp3) is 0.682. The van der Waals surface area contributed by atoms with Crippen molar-refractivity contribution >= 4 is 17.9 Å². The highest BCUT2D eigenvalue weighted by atomic mass is 16.6. The minimum Gasteiger partial charge on any atom is -0.444 e. The highest BCUT2D eigenvalue weighted by Crippen LogP contribution is 2.15. The summed E-state index contributed by atoms with van der Waals surface area (Å²) in [6, 6.07) is 4.14. The molecule has 174 valence electrons. The second kappa shape index (κ2) is 12.3. The molecular weight excluding hydrogens is 394 g/mol. The number of aromatic nitrogens is 1. The van der Waals surface area contributed by atoms with E-state index in [1.54, 1.807) is 0 Å². The van der Waals surface area contributed by atoms with Gasteiger partial charge in [-0.25, -0.2) is 14.8 Å². The largest absolute Gasteiger partial charge is 0.444 e. The molecule has 0 atom stereocenters. The average molecular weight is 434 g/mol. The van der Waals surface area contributed by atoms with Gasteiger partial charge in [0.1, 0.15) is 11.4 Å². The summed E-state index contributed by atoms with van der Waals surface area (Å²) >= 11 is 0. The van der Waals surface area contributed by atoms with Crippen molar-refractivity contribution in [2.75, 3.05) is 57.8 Å². The van der Waals surface area contributed by atoms with E-state index in [1.807, 2.05) is 40.0 Å². The number of guanidine groups is 1. The maximum Gasteiger partial charge on any atom is 0.407 e. The molecule has 1 aromatic rings. The number of nitrogens with one attached hydrogen (secondary N) is 3. The van der Waals surface area contributed by atoms with Crippen LogP contribution < -0.4 is 20.9 Å². The highest BCUT2D eigenvalue weighted by Gasteiger charge is 2.16. The van der Waals surface area contributed by atoms with E-state index >= 15 is 0 Å². The molecule has 0 unspecified atom stereocenters. The van der Waals surface area contributed by atoms with Crippen LogP contribution in [0, 0.1) is 0 Å². The van der Waals surface area contributed by atoms with Gasteiger partial charge in [0.25, 0.3) is 0 Å². The van der Waals surface area contributed by atoms with Gasteiger partial charge in [0.15, 0.2) is 5.96 Å². The topological polar surface area (TPSA) is 94.1 Å². The van der Waals surface area contributed by atoms with Gasteiger partial charge in [-0.2, -0.15) is 0 Å². The number of amides is 1. The summed E-state index contributed by atoms with van der Waals surface area (Å²) < 4.78 is 5.23. The van der Waals surface area contributed by atoms with E-state index in [0.717, 1.165) is 56.5 Å². The molecule has 1 amide bonds. The molecule has 0 bridgehead atoms. The molecule has 1 aliphatic rings. The predicted octanol–water partition coefficient (Wildman–Crippen LogP) is 1.80. The average Bonchev–Trinajstić information content (AvgIpc) is 2.71. The molecule has 1 aromatic heterocycles. The quantitative estimate of drug-likeness (QED) is 0.327. The van der Waals surface area contributed by atoms with Crippen LogP contribution in [0.1, 0.15) is 39.7 Å². The predicted molar refractivity (Wildman–Crippen MR) is 126 cm³/mol. The van der Waals surface area contributed by atoms with Crippen molar-refractivity contribution in [1.29, 1.82) is 0 Å². The number of piperazine rings is 1. The summed E-state index contributed by atoms with van der Waals surface area (Å²) in [4.78, 5) is 25.6. The van der Waals surface area contributed by atoms with Gasteiger partial charge in [-0.1, -0.05) is 0 Å². The van der Waals surface area contributed by atoms with Crippen molar-refractivity contribution in [3.8, 4) is 0 Å². The zero-order valence-corrected chi connectivity index (χ0v) is 19.7. The first-order valence-electron chi connectivity index (χ1n) is 11.1. The number of ether oxygens (including phenoxy) is 1. The molecular formula is C22H39N7O2. The van der Waals surface area contributed by atoms with Crippen LogP contribution in [0.15, 0.2) is 23.3 Å². The molecule has 1 aliphatic heterocycles. The number of aliphatic imine (C=N–C) groups is 1. The standard InChI is InChI=1S/C22H39N7O2/c1-6-23-20(25-9-7-10-26-21(30)31-22(2,3)4)27-17-18-8-11-24-19(16-18)29-14-12-28(5)13-15-29/h8,11,16H,6-7,9-10,12-15,17H2,1-5H3,(H,26,30)(H2,23,25,27). The van der Waals surface area contributed by atoms with E-state index in [4.69, 9.17) is 9.73 Å². The molecule has 2 rings (SSSR count).